The molecule has 0 amide bonds. The summed E-state index contributed by atoms with van der Waals surface area (Å²) in [6.07, 6.45) is 4.40. The molecule has 1 saturated carbocycles. The van der Waals surface area contributed by atoms with Gasteiger partial charge < -0.3 is 24.9 Å². The summed E-state index contributed by atoms with van der Waals surface area (Å²) >= 11 is 12.6. The van der Waals surface area contributed by atoms with Crippen LogP contribution in [0.5, 0.6) is 17.2 Å². The van der Waals surface area contributed by atoms with E-state index in [-0.39, 0.29) is 39.1 Å². The molecule has 12 heteroatoms. The van der Waals surface area contributed by atoms with Gasteiger partial charge >= 0.3 is 12.6 Å². The van der Waals surface area contributed by atoms with Crippen molar-refractivity contribution in [2.75, 3.05) is 6.61 Å². The SMILES string of the molecule is O=Cc1c([C@@H](Cc2c(Cl)c[n+]([O-])cc2Cl)c2ccc(OC(F)F)c(OCC3CC3)c2)ccc(C(=O)O)c1O. The van der Waals surface area contributed by atoms with Crippen molar-refractivity contribution < 1.29 is 42.8 Å². The first-order valence-corrected chi connectivity index (χ1v) is 12.2. The first-order valence-electron chi connectivity index (χ1n) is 11.4. The lowest BCUT2D eigenvalue weighted by Crippen LogP contribution is -2.25. The van der Waals surface area contributed by atoms with Crippen molar-refractivity contribution in [3.63, 3.8) is 0 Å². The van der Waals surface area contributed by atoms with Gasteiger partial charge in [0.25, 0.3) is 0 Å². The van der Waals surface area contributed by atoms with Crippen LogP contribution in [0.2, 0.25) is 10.0 Å². The van der Waals surface area contributed by atoms with Crippen molar-refractivity contribution in [2.24, 2.45) is 5.92 Å². The monoisotopic (exact) mass is 567 g/mol. The number of carbonyl (C=O) groups excluding carboxylic acids is 1. The van der Waals surface area contributed by atoms with Gasteiger partial charge in [0.15, 0.2) is 30.2 Å². The Morgan fingerprint density at radius 3 is 2.42 bits per heavy atom. The predicted molar refractivity (Wildman–Crippen MR) is 133 cm³/mol. The Kier molecular flexibility index (Phi) is 8.23. The van der Waals surface area contributed by atoms with Crippen LogP contribution < -0.4 is 14.2 Å². The summed E-state index contributed by atoms with van der Waals surface area (Å²) in [7, 11) is 0. The molecule has 0 spiro atoms. The summed E-state index contributed by atoms with van der Waals surface area (Å²) in [4.78, 5) is 23.6. The fourth-order valence-corrected chi connectivity index (χ4v) is 4.70. The zero-order chi connectivity index (χ0) is 27.6. The van der Waals surface area contributed by atoms with Crippen LogP contribution in [0.1, 0.15) is 56.2 Å². The number of pyridine rings is 1. The third kappa shape index (κ3) is 6.08. The maximum atomic E-state index is 13.0. The first-order chi connectivity index (χ1) is 18.1. The molecule has 0 bridgehead atoms. The highest BCUT2D eigenvalue weighted by atomic mass is 35.5. The quantitative estimate of drug-likeness (QED) is 0.175. The lowest BCUT2D eigenvalue weighted by atomic mass is 9.83. The Morgan fingerprint density at radius 2 is 1.84 bits per heavy atom. The number of benzene rings is 2. The Hall–Kier alpha value is -3.63. The highest BCUT2D eigenvalue weighted by molar-refractivity contribution is 6.35. The second-order valence-electron chi connectivity index (χ2n) is 8.78. The molecule has 1 fully saturated rings. The number of rotatable bonds is 11. The van der Waals surface area contributed by atoms with E-state index in [1.165, 1.54) is 24.3 Å². The van der Waals surface area contributed by atoms with Crippen molar-refractivity contribution >= 4 is 35.5 Å². The number of carbonyl (C=O) groups is 2. The van der Waals surface area contributed by atoms with E-state index in [1.54, 1.807) is 0 Å². The highest BCUT2D eigenvalue weighted by Gasteiger charge is 2.28. The van der Waals surface area contributed by atoms with Crippen molar-refractivity contribution in [2.45, 2.75) is 31.8 Å². The molecule has 0 aliphatic heterocycles. The fraction of sp³-hybridized carbons (Fsp3) is 0.269. The number of carboxylic acids is 1. The van der Waals surface area contributed by atoms with Gasteiger partial charge in [0.05, 0.1) is 12.2 Å². The molecule has 2 aromatic carbocycles. The number of hydrogen-bond donors (Lipinski definition) is 2. The number of phenols is 1. The van der Waals surface area contributed by atoms with E-state index in [9.17, 15) is 33.8 Å². The summed E-state index contributed by atoms with van der Waals surface area (Å²) in [6.45, 7) is -2.80. The van der Waals surface area contributed by atoms with Crippen LogP contribution in [0.4, 0.5) is 8.78 Å². The molecule has 1 aliphatic rings. The number of carboxylic acid groups (broad SMARTS) is 1. The van der Waals surface area contributed by atoms with Gasteiger partial charge in [-0.1, -0.05) is 35.3 Å². The molecule has 38 heavy (non-hydrogen) atoms. The Balaban J connectivity index is 1.87. The molecule has 0 saturated heterocycles. The minimum Gasteiger partial charge on any atom is -0.619 e. The second-order valence-corrected chi connectivity index (χ2v) is 9.59. The van der Waals surface area contributed by atoms with Crippen molar-refractivity contribution in [1.82, 2.24) is 0 Å². The minimum atomic E-state index is -3.09. The molecule has 1 aromatic heterocycles. The molecule has 2 N–H and O–H groups in total. The van der Waals surface area contributed by atoms with Gasteiger partial charge in [-0.15, -0.1) is 0 Å². The van der Waals surface area contributed by atoms with Crippen LogP contribution >= 0.6 is 23.2 Å². The molecule has 200 valence electrons. The number of aromatic carboxylic acids is 1. The number of nitrogens with zero attached hydrogens (tertiary/aromatic N) is 1. The van der Waals surface area contributed by atoms with E-state index < -0.39 is 29.8 Å². The van der Waals surface area contributed by atoms with Gasteiger partial charge in [-0.2, -0.15) is 13.5 Å². The van der Waals surface area contributed by atoms with Crippen LogP contribution in [0, 0.1) is 11.1 Å². The third-order valence-corrected chi connectivity index (χ3v) is 6.85. The molecule has 1 heterocycles. The van der Waals surface area contributed by atoms with E-state index >= 15 is 0 Å². The molecule has 0 radical (unpaired) electrons. The van der Waals surface area contributed by atoms with Crippen LogP contribution in [-0.2, 0) is 6.42 Å². The minimum absolute atomic E-state index is 0.0116. The van der Waals surface area contributed by atoms with Gasteiger partial charge in [-0.25, -0.2) is 4.79 Å². The Labute approximate surface area is 225 Å². The lowest BCUT2D eigenvalue weighted by Gasteiger charge is -2.23. The van der Waals surface area contributed by atoms with Gasteiger partial charge in [0, 0.05) is 11.5 Å². The summed E-state index contributed by atoms with van der Waals surface area (Å²) in [6, 6.07) is 6.75. The normalized spacial score (nSPS) is 13.8. The summed E-state index contributed by atoms with van der Waals surface area (Å²) in [5.74, 6) is -2.83. The van der Waals surface area contributed by atoms with Crippen molar-refractivity contribution in [1.29, 1.82) is 0 Å². The van der Waals surface area contributed by atoms with Gasteiger partial charge in [0.2, 0.25) is 0 Å². The second kappa shape index (κ2) is 11.4. The standard InChI is InChI=1S/C26H21Cl2F2NO7/c27-20-9-31(36)10-21(28)18(20)8-17(15-4-5-16(25(34)35)24(33)19(15)11-32)14-3-6-22(38-26(29)30)23(7-14)37-12-13-1-2-13/h3-7,9-11,13,17,26,33H,1-2,8,12H2,(H,34,35)/t17-/m0/s1. The van der Waals surface area contributed by atoms with Crippen LogP contribution in [0.25, 0.3) is 0 Å². The zero-order valence-corrected chi connectivity index (χ0v) is 21.1. The van der Waals surface area contributed by atoms with E-state index in [0.717, 1.165) is 31.3 Å². The van der Waals surface area contributed by atoms with Gasteiger partial charge in [0.1, 0.15) is 21.4 Å². The number of alkyl halides is 2. The average molecular weight is 568 g/mol. The number of aromatic nitrogens is 1. The molecule has 0 unspecified atom stereocenters. The molecule has 8 nitrogen and oxygen atoms in total. The molecule has 4 rings (SSSR count). The van der Waals surface area contributed by atoms with Crippen LogP contribution in [0.3, 0.4) is 0 Å². The largest absolute Gasteiger partial charge is 0.619 e. The number of hydrogen-bond acceptors (Lipinski definition) is 6. The van der Waals surface area contributed by atoms with Crippen molar-refractivity contribution in [3.05, 3.63) is 85.8 Å². The van der Waals surface area contributed by atoms with Gasteiger partial charge in [-0.3, -0.25) is 4.79 Å². The number of halogens is 4. The fourth-order valence-electron chi connectivity index (χ4n) is 4.10. The van der Waals surface area contributed by atoms with E-state index in [2.05, 4.69) is 4.74 Å². The molecule has 1 atom stereocenters. The number of aldehydes is 1. The first kappa shape index (κ1) is 27.4. The van der Waals surface area contributed by atoms with Crippen LogP contribution in [-0.4, -0.2) is 35.7 Å². The molecular formula is C26H21Cl2F2NO7. The van der Waals surface area contributed by atoms with Gasteiger partial charge in [-0.05, 0) is 54.5 Å². The third-order valence-electron chi connectivity index (χ3n) is 6.20. The Morgan fingerprint density at radius 1 is 1.16 bits per heavy atom. The van der Waals surface area contributed by atoms with Crippen molar-refractivity contribution in [3.8, 4) is 17.2 Å². The molecule has 1 aliphatic carbocycles. The number of ether oxygens (including phenoxy) is 2. The average Bonchev–Trinajstić information content (AvgIpc) is 3.67. The van der Waals surface area contributed by atoms with E-state index in [1.807, 2.05) is 0 Å². The summed E-state index contributed by atoms with van der Waals surface area (Å²) in [5, 5.41) is 31.8. The lowest BCUT2D eigenvalue weighted by molar-refractivity contribution is -0.605. The van der Waals surface area contributed by atoms with Crippen LogP contribution in [0.15, 0.2) is 42.7 Å². The Bertz CT molecular complexity index is 1360. The number of aromatic hydroxyl groups is 1. The maximum absolute atomic E-state index is 13.0. The predicted octanol–water partition coefficient (Wildman–Crippen LogP) is 5.61. The highest BCUT2D eigenvalue weighted by Crippen LogP contribution is 2.41. The van der Waals surface area contributed by atoms with E-state index in [4.69, 9.17) is 27.9 Å². The van der Waals surface area contributed by atoms with E-state index in [0.29, 0.717) is 34.7 Å². The smallest absolute Gasteiger partial charge is 0.387 e. The topological polar surface area (TPSA) is 120 Å². The molecule has 3 aromatic rings. The molecular weight excluding hydrogens is 547 g/mol. The summed E-state index contributed by atoms with van der Waals surface area (Å²) in [5.41, 5.74) is 0.216. The maximum Gasteiger partial charge on any atom is 0.387 e. The summed E-state index contributed by atoms with van der Waals surface area (Å²) < 4.78 is 36.9. The zero-order valence-electron chi connectivity index (χ0n) is 19.6.